The topological polar surface area (TPSA) is 91.3 Å². The van der Waals surface area contributed by atoms with Gasteiger partial charge in [0.1, 0.15) is 28.6 Å². The molecule has 0 saturated carbocycles. The molecule has 0 unspecified atom stereocenters. The second kappa shape index (κ2) is 9.67. The number of methoxy groups -OCH3 is 2. The Morgan fingerprint density at radius 3 is 2.70 bits per heavy atom. The van der Waals surface area contributed by atoms with Gasteiger partial charge in [0.2, 0.25) is 0 Å². The maximum atomic E-state index is 12.7. The van der Waals surface area contributed by atoms with Crippen LogP contribution in [-0.2, 0) is 22.4 Å². The van der Waals surface area contributed by atoms with Crippen LogP contribution in [0.25, 0.3) is 0 Å². The summed E-state index contributed by atoms with van der Waals surface area (Å²) in [4.78, 5) is 24.9. The molecule has 2 aromatic rings. The molecule has 158 valence electrons. The van der Waals surface area contributed by atoms with Gasteiger partial charge in [0.15, 0.2) is 0 Å². The van der Waals surface area contributed by atoms with Gasteiger partial charge in [-0.25, -0.2) is 4.79 Å². The summed E-state index contributed by atoms with van der Waals surface area (Å²) in [6.07, 6.45) is 0.703. The van der Waals surface area contributed by atoms with E-state index in [4.69, 9.17) is 18.9 Å². The van der Waals surface area contributed by atoms with Crippen molar-refractivity contribution in [3.05, 3.63) is 53.1 Å². The van der Waals surface area contributed by atoms with Crippen LogP contribution in [0.3, 0.4) is 0 Å². The predicted octanol–water partition coefficient (Wildman–Crippen LogP) is 2.87. The number of esters is 1. The Labute approximate surface area is 176 Å². The molecule has 0 radical (unpaired) electrons. The lowest BCUT2D eigenvalue weighted by Gasteiger charge is -2.28. The number of rotatable bonds is 8. The first-order valence-electron chi connectivity index (χ1n) is 9.83. The third-order valence-corrected chi connectivity index (χ3v) is 5.08. The van der Waals surface area contributed by atoms with Gasteiger partial charge in [0.25, 0.3) is 0 Å². The maximum absolute atomic E-state index is 12.7. The van der Waals surface area contributed by atoms with E-state index in [-0.39, 0.29) is 30.8 Å². The van der Waals surface area contributed by atoms with Gasteiger partial charge in [-0.3, -0.25) is 4.79 Å². The Morgan fingerprint density at radius 1 is 1.20 bits per heavy atom. The van der Waals surface area contributed by atoms with Crippen molar-refractivity contribution in [2.24, 2.45) is 0 Å². The normalized spacial score (nSPS) is 15.1. The average molecular weight is 412 g/mol. The zero-order chi connectivity index (χ0) is 21.7. The number of carbonyl (C=O) groups excluding carboxylic acids is 2. The highest BCUT2D eigenvalue weighted by atomic mass is 16.5. The van der Waals surface area contributed by atoms with Crippen molar-refractivity contribution in [3.63, 3.8) is 0 Å². The fraction of sp³-hybridized carbons (Fsp3) is 0.364. The van der Waals surface area contributed by atoms with Gasteiger partial charge in [0.05, 0.1) is 20.8 Å². The predicted molar refractivity (Wildman–Crippen MR) is 111 cm³/mol. The number of Topliss-reactive ketones (excluding diaryl/α,β-unsaturated/α-hetero) is 1. The van der Waals surface area contributed by atoms with Crippen molar-refractivity contribution in [2.45, 2.75) is 32.0 Å². The summed E-state index contributed by atoms with van der Waals surface area (Å²) in [6.45, 7) is 1.97. The largest absolute Gasteiger partial charge is 0.535 e. The van der Waals surface area contributed by atoms with Crippen LogP contribution < -0.4 is 14.1 Å². The van der Waals surface area contributed by atoms with Crippen LogP contribution in [0.4, 0.5) is 0 Å². The zero-order valence-corrected chi connectivity index (χ0v) is 17.3. The molecule has 0 saturated heterocycles. The first-order valence-corrected chi connectivity index (χ1v) is 9.83. The first-order chi connectivity index (χ1) is 14.5. The van der Waals surface area contributed by atoms with Crippen molar-refractivity contribution in [2.75, 3.05) is 20.8 Å². The molecule has 0 aromatic heterocycles. The highest BCUT2D eigenvalue weighted by molar-refractivity contribution is 6.47. The van der Waals surface area contributed by atoms with Gasteiger partial charge in [-0.1, -0.05) is 12.1 Å². The minimum absolute atomic E-state index is 0.0563. The Balaban J connectivity index is 1.73. The van der Waals surface area contributed by atoms with Gasteiger partial charge in [0, 0.05) is 24.2 Å². The molecule has 1 heterocycles. The van der Waals surface area contributed by atoms with Gasteiger partial charge >= 0.3 is 13.1 Å². The van der Waals surface area contributed by atoms with Crippen molar-refractivity contribution in [1.82, 2.24) is 0 Å². The molecule has 0 spiro atoms. The molecule has 3 rings (SSSR count). The summed E-state index contributed by atoms with van der Waals surface area (Å²) < 4.78 is 21.2. The zero-order valence-electron chi connectivity index (χ0n) is 17.3. The van der Waals surface area contributed by atoms with E-state index in [2.05, 4.69) is 0 Å². The van der Waals surface area contributed by atoms with Crippen LogP contribution in [0.1, 0.15) is 34.8 Å². The van der Waals surface area contributed by atoms with Crippen LogP contribution >= 0.6 is 0 Å². The fourth-order valence-electron chi connectivity index (χ4n) is 3.62. The highest BCUT2D eigenvalue weighted by Crippen LogP contribution is 2.37. The molecule has 2 aromatic carbocycles. The summed E-state index contributed by atoms with van der Waals surface area (Å²) >= 11 is 0. The standard InChI is InChI=1S/C22H25BO7/c1-4-29-22(25)19-7-5-6-14-10-16(23(26)30-21(14)19)13-17(24)11-15-12-18(27-2)8-9-20(15)28-3/h5-9,12,16,26H,4,10-11,13H2,1-3H3/t16-/m1/s1. The third kappa shape index (κ3) is 4.76. The molecule has 7 nitrogen and oxygen atoms in total. The smallest absolute Gasteiger partial charge is 0.526 e. The lowest BCUT2D eigenvalue weighted by molar-refractivity contribution is -0.118. The van der Waals surface area contributed by atoms with Crippen molar-refractivity contribution in [1.29, 1.82) is 0 Å². The number of ketones is 1. The molecule has 0 bridgehead atoms. The minimum atomic E-state index is -1.19. The number of hydrogen-bond acceptors (Lipinski definition) is 7. The second-order valence-electron chi connectivity index (χ2n) is 7.08. The van der Waals surface area contributed by atoms with E-state index in [9.17, 15) is 14.6 Å². The van der Waals surface area contributed by atoms with E-state index in [0.717, 1.165) is 11.1 Å². The summed E-state index contributed by atoms with van der Waals surface area (Å²) in [6, 6.07) is 10.5. The average Bonchev–Trinajstić information content (AvgIpc) is 2.74. The molecule has 30 heavy (non-hydrogen) atoms. The van der Waals surface area contributed by atoms with Crippen molar-refractivity contribution in [3.8, 4) is 17.2 Å². The summed E-state index contributed by atoms with van der Waals surface area (Å²) in [5.41, 5.74) is 1.76. The molecule has 1 atom stereocenters. The van der Waals surface area contributed by atoms with Crippen LogP contribution in [-0.4, -0.2) is 44.7 Å². The number of fused-ring (bicyclic) bond motifs is 1. The van der Waals surface area contributed by atoms with E-state index in [0.29, 0.717) is 23.7 Å². The Hall–Kier alpha value is -3.00. The lowest BCUT2D eigenvalue weighted by Crippen LogP contribution is -2.36. The van der Waals surface area contributed by atoms with Crippen LogP contribution in [0.15, 0.2) is 36.4 Å². The molecular weight excluding hydrogens is 387 g/mol. The van der Waals surface area contributed by atoms with E-state index in [1.165, 1.54) is 0 Å². The van der Waals surface area contributed by atoms with Gasteiger partial charge in [-0.2, -0.15) is 0 Å². The number of benzene rings is 2. The highest BCUT2D eigenvalue weighted by Gasteiger charge is 2.38. The second-order valence-corrected chi connectivity index (χ2v) is 7.08. The van der Waals surface area contributed by atoms with Gasteiger partial charge in [-0.05, 0) is 43.2 Å². The number of para-hydroxylation sites is 1. The Bertz CT molecular complexity index is 928. The van der Waals surface area contributed by atoms with E-state index in [1.54, 1.807) is 51.5 Å². The Kier molecular flexibility index (Phi) is 7.00. The molecule has 0 fully saturated rings. The number of hydrogen-bond donors (Lipinski definition) is 1. The van der Waals surface area contributed by atoms with Crippen molar-refractivity contribution < 1.29 is 33.5 Å². The van der Waals surface area contributed by atoms with E-state index >= 15 is 0 Å². The molecule has 8 heteroatoms. The van der Waals surface area contributed by atoms with Gasteiger partial charge < -0.3 is 23.9 Å². The molecular formula is C22H25BO7. The SMILES string of the molecule is CCOC(=O)c1cccc2c1OB(O)[C@@H](CC(=O)Cc1cc(OC)ccc1OC)C2. The third-order valence-electron chi connectivity index (χ3n) is 5.08. The van der Waals surface area contributed by atoms with E-state index < -0.39 is 18.9 Å². The van der Waals surface area contributed by atoms with Crippen LogP contribution in [0.5, 0.6) is 17.2 Å². The number of carbonyl (C=O) groups is 2. The van der Waals surface area contributed by atoms with Crippen molar-refractivity contribution >= 4 is 18.9 Å². The molecule has 1 aliphatic rings. The summed E-state index contributed by atoms with van der Waals surface area (Å²) in [5.74, 6) is 0.593. The molecule has 1 N–H and O–H groups in total. The molecule has 0 aliphatic carbocycles. The quantitative estimate of drug-likeness (QED) is 0.527. The van der Waals surface area contributed by atoms with Crippen LogP contribution in [0.2, 0.25) is 5.82 Å². The molecule has 0 amide bonds. The Morgan fingerprint density at radius 2 is 2.00 bits per heavy atom. The number of ether oxygens (including phenoxy) is 3. The summed E-state index contributed by atoms with van der Waals surface area (Å²) in [7, 11) is 1.92. The molecule has 1 aliphatic heterocycles. The minimum Gasteiger partial charge on any atom is -0.535 e. The monoisotopic (exact) mass is 412 g/mol. The lowest BCUT2D eigenvalue weighted by atomic mass is 9.64. The summed E-state index contributed by atoms with van der Waals surface area (Å²) in [5, 5.41) is 10.5. The maximum Gasteiger partial charge on any atom is 0.526 e. The van der Waals surface area contributed by atoms with Gasteiger partial charge in [-0.15, -0.1) is 0 Å². The first kappa shape index (κ1) is 21.7. The van der Waals surface area contributed by atoms with E-state index in [1.807, 2.05) is 6.07 Å². The van der Waals surface area contributed by atoms with Crippen LogP contribution in [0, 0.1) is 0 Å². The fourth-order valence-corrected chi connectivity index (χ4v) is 3.62.